The molecule has 8 nitrogen and oxygen atoms in total. The van der Waals surface area contributed by atoms with E-state index in [9.17, 15) is 4.79 Å². The van der Waals surface area contributed by atoms with Crippen molar-refractivity contribution in [2.75, 3.05) is 16.4 Å². The number of aromatic nitrogens is 3. The summed E-state index contributed by atoms with van der Waals surface area (Å²) in [5.74, 6) is 1.31. The molecule has 4 N–H and O–H groups in total. The molecule has 0 atom stereocenters. The number of nitrogens with one attached hydrogen (secondary N) is 2. The van der Waals surface area contributed by atoms with Crippen molar-refractivity contribution in [2.24, 2.45) is 0 Å². The number of urea groups is 1. The number of anilines is 3. The van der Waals surface area contributed by atoms with Crippen LogP contribution in [0.1, 0.15) is 36.6 Å². The minimum atomic E-state index is -0.353. The Kier molecular flexibility index (Phi) is 7.73. The van der Waals surface area contributed by atoms with E-state index in [4.69, 9.17) is 15.6 Å². The fourth-order valence-corrected chi connectivity index (χ4v) is 4.38. The molecule has 0 bridgehead atoms. The second-order valence-corrected chi connectivity index (χ2v) is 9.47. The maximum atomic E-state index is 13.2. The van der Waals surface area contributed by atoms with E-state index in [1.807, 2.05) is 79.7 Å². The van der Waals surface area contributed by atoms with Crippen LogP contribution >= 0.6 is 0 Å². The van der Waals surface area contributed by atoms with Crippen LogP contribution in [-0.4, -0.2) is 20.8 Å². The van der Waals surface area contributed by atoms with Crippen molar-refractivity contribution < 1.29 is 9.53 Å². The Morgan fingerprint density at radius 2 is 1.79 bits per heavy atom. The number of amides is 2. The Labute approximate surface area is 227 Å². The summed E-state index contributed by atoms with van der Waals surface area (Å²) in [6.45, 7) is 4.51. The zero-order valence-electron chi connectivity index (χ0n) is 22.1. The lowest BCUT2D eigenvalue weighted by atomic mass is 10.1. The number of rotatable bonds is 9. The average molecular weight is 521 g/mol. The molecule has 0 fully saturated rings. The molecule has 2 heterocycles. The SMILES string of the molecule is CCCCc1cc(NC(=O)Nc2ccc(OCc3ccncc3N)c3ccccc23)n(-c2ccc(C)cc2)n1. The highest BCUT2D eigenvalue weighted by Crippen LogP contribution is 2.32. The van der Waals surface area contributed by atoms with Crippen LogP contribution in [0, 0.1) is 6.92 Å². The zero-order chi connectivity index (χ0) is 27.2. The van der Waals surface area contributed by atoms with Gasteiger partial charge in [0.05, 0.1) is 29.0 Å². The van der Waals surface area contributed by atoms with E-state index in [-0.39, 0.29) is 6.03 Å². The molecule has 0 radical (unpaired) electrons. The second kappa shape index (κ2) is 11.7. The van der Waals surface area contributed by atoms with Crippen molar-refractivity contribution in [3.05, 3.63) is 102 Å². The van der Waals surface area contributed by atoms with E-state index in [1.165, 1.54) is 0 Å². The van der Waals surface area contributed by atoms with E-state index >= 15 is 0 Å². The first-order valence-corrected chi connectivity index (χ1v) is 13.1. The van der Waals surface area contributed by atoms with Crippen molar-refractivity contribution in [1.29, 1.82) is 0 Å². The predicted molar refractivity (Wildman–Crippen MR) is 156 cm³/mol. The van der Waals surface area contributed by atoms with Gasteiger partial charge in [-0.3, -0.25) is 10.3 Å². The van der Waals surface area contributed by atoms with E-state index in [2.05, 4.69) is 22.5 Å². The van der Waals surface area contributed by atoms with Crippen molar-refractivity contribution in [3.63, 3.8) is 0 Å². The lowest BCUT2D eigenvalue weighted by Gasteiger charge is -2.15. The molecule has 5 aromatic rings. The van der Waals surface area contributed by atoms with Crippen LogP contribution in [0.3, 0.4) is 0 Å². The fraction of sp³-hybridized carbons (Fsp3) is 0.194. The molecule has 0 saturated heterocycles. The van der Waals surface area contributed by atoms with Gasteiger partial charge in [0.1, 0.15) is 18.2 Å². The average Bonchev–Trinajstić information content (AvgIpc) is 3.34. The van der Waals surface area contributed by atoms with Crippen LogP contribution in [0.4, 0.5) is 22.0 Å². The van der Waals surface area contributed by atoms with Crippen molar-refractivity contribution in [1.82, 2.24) is 14.8 Å². The van der Waals surface area contributed by atoms with Crippen LogP contribution < -0.4 is 21.1 Å². The fourth-order valence-electron chi connectivity index (χ4n) is 4.38. The largest absolute Gasteiger partial charge is 0.488 e. The maximum Gasteiger partial charge on any atom is 0.324 e. The number of hydrogen-bond acceptors (Lipinski definition) is 5. The van der Waals surface area contributed by atoms with Crippen molar-refractivity contribution in [3.8, 4) is 11.4 Å². The molecule has 198 valence electrons. The van der Waals surface area contributed by atoms with E-state index in [0.29, 0.717) is 29.5 Å². The number of nitrogens with zero attached hydrogens (tertiary/aromatic N) is 3. The van der Waals surface area contributed by atoms with Gasteiger partial charge in [0.2, 0.25) is 0 Å². The number of nitrogen functional groups attached to an aromatic ring is 1. The standard InChI is InChI=1S/C31H32N6O2/c1-3-4-7-23-18-30(37(36-23)24-12-10-21(2)11-13-24)35-31(38)34-28-14-15-29(26-9-6-5-8-25(26)28)39-20-22-16-17-33-19-27(22)32/h5-6,8-19H,3-4,7,20,32H2,1-2H3,(H2,34,35,38). The molecular weight excluding hydrogens is 488 g/mol. The predicted octanol–water partition coefficient (Wildman–Crippen LogP) is 6.88. The normalized spacial score (nSPS) is 10.9. The Morgan fingerprint density at radius 3 is 2.56 bits per heavy atom. The number of pyridine rings is 1. The molecule has 0 spiro atoms. The lowest BCUT2D eigenvalue weighted by Crippen LogP contribution is -2.21. The molecule has 0 unspecified atom stereocenters. The van der Waals surface area contributed by atoms with Crippen LogP contribution in [0.2, 0.25) is 0 Å². The molecule has 8 heteroatoms. The summed E-state index contributed by atoms with van der Waals surface area (Å²) in [5, 5.41) is 12.5. The molecule has 2 aromatic heterocycles. The van der Waals surface area contributed by atoms with E-state index in [1.54, 1.807) is 17.1 Å². The number of ether oxygens (including phenoxy) is 1. The Hall–Kier alpha value is -4.85. The quantitative estimate of drug-likeness (QED) is 0.196. The summed E-state index contributed by atoms with van der Waals surface area (Å²) < 4.78 is 7.88. The van der Waals surface area contributed by atoms with Crippen LogP contribution in [-0.2, 0) is 13.0 Å². The van der Waals surface area contributed by atoms with E-state index < -0.39 is 0 Å². The third-order valence-corrected chi connectivity index (χ3v) is 6.53. The van der Waals surface area contributed by atoms with Gasteiger partial charge in [-0.2, -0.15) is 5.10 Å². The third kappa shape index (κ3) is 6.01. The van der Waals surface area contributed by atoms with Gasteiger partial charge in [-0.1, -0.05) is 55.3 Å². The highest BCUT2D eigenvalue weighted by atomic mass is 16.5. The summed E-state index contributed by atoms with van der Waals surface area (Å²) in [5.41, 5.74) is 11.1. The Balaban J connectivity index is 1.37. The molecule has 2 amide bonds. The number of carbonyl (C=O) groups excluding carboxylic acids is 1. The van der Waals surface area contributed by atoms with E-state index in [0.717, 1.165) is 52.5 Å². The van der Waals surface area contributed by atoms with Crippen LogP contribution in [0.5, 0.6) is 5.75 Å². The molecular formula is C31H32N6O2. The second-order valence-electron chi connectivity index (χ2n) is 9.47. The Bertz CT molecular complexity index is 1590. The van der Waals surface area contributed by atoms with Gasteiger partial charge in [-0.25, -0.2) is 9.48 Å². The van der Waals surface area contributed by atoms with Gasteiger partial charge in [0.25, 0.3) is 0 Å². The highest BCUT2D eigenvalue weighted by Gasteiger charge is 2.15. The first-order chi connectivity index (χ1) is 19.0. The lowest BCUT2D eigenvalue weighted by molar-refractivity contribution is 0.262. The minimum Gasteiger partial charge on any atom is -0.488 e. The summed E-state index contributed by atoms with van der Waals surface area (Å²) >= 11 is 0. The number of fused-ring (bicyclic) bond motifs is 1. The van der Waals surface area contributed by atoms with Gasteiger partial charge in [-0.15, -0.1) is 0 Å². The molecule has 5 rings (SSSR count). The number of carbonyl (C=O) groups is 1. The van der Waals surface area contributed by atoms with Crippen LogP contribution in [0.15, 0.2) is 85.2 Å². The molecule has 0 aliphatic heterocycles. The number of nitrogens with two attached hydrogens (primary N) is 1. The van der Waals surface area contributed by atoms with Gasteiger partial charge in [0.15, 0.2) is 0 Å². The zero-order valence-corrected chi connectivity index (χ0v) is 22.1. The number of benzene rings is 3. The molecule has 0 saturated carbocycles. The summed E-state index contributed by atoms with van der Waals surface area (Å²) in [6.07, 6.45) is 6.26. The Morgan fingerprint density at radius 1 is 1.00 bits per heavy atom. The third-order valence-electron chi connectivity index (χ3n) is 6.53. The molecule has 39 heavy (non-hydrogen) atoms. The van der Waals surface area contributed by atoms with Gasteiger partial charge in [-0.05, 0) is 50.1 Å². The van der Waals surface area contributed by atoms with Crippen LogP contribution in [0.25, 0.3) is 16.5 Å². The van der Waals surface area contributed by atoms with Gasteiger partial charge in [0, 0.05) is 28.6 Å². The molecule has 0 aliphatic rings. The topological polar surface area (TPSA) is 107 Å². The van der Waals surface area contributed by atoms with Gasteiger partial charge >= 0.3 is 6.03 Å². The molecule has 0 aliphatic carbocycles. The number of hydrogen-bond donors (Lipinski definition) is 3. The highest BCUT2D eigenvalue weighted by molar-refractivity contribution is 6.07. The summed E-state index contributed by atoms with van der Waals surface area (Å²) in [7, 11) is 0. The van der Waals surface area contributed by atoms with Crippen molar-refractivity contribution >= 4 is 34.0 Å². The molecule has 3 aromatic carbocycles. The summed E-state index contributed by atoms with van der Waals surface area (Å²) in [6, 6.07) is 23.0. The first-order valence-electron chi connectivity index (χ1n) is 13.1. The number of unbranched alkanes of at least 4 members (excludes halogenated alkanes) is 1. The maximum absolute atomic E-state index is 13.2. The first kappa shape index (κ1) is 25.8. The summed E-state index contributed by atoms with van der Waals surface area (Å²) in [4.78, 5) is 17.2. The van der Waals surface area contributed by atoms with Crippen molar-refractivity contribution in [2.45, 2.75) is 39.7 Å². The smallest absolute Gasteiger partial charge is 0.324 e. The van der Waals surface area contributed by atoms with Gasteiger partial charge < -0.3 is 15.8 Å². The monoisotopic (exact) mass is 520 g/mol. The minimum absolute atomic E-state index is 0.314. The number of aryl methyl sites for hydroxylation is 2.